The zero-order valence-corrected chi connectivity index (χ0v) is 16.8. The van der Waals surface area contributed by atoms with Gasteiger partial charge in [0.2, 0.25) is 0 Å². The highest BCUT2D eigenvalue weighted by atomic mass is 35.5. The van der Waals surface area contributed by atoms with Gasteiger partial charge in [-0.3, -0.25) is 4.79 Å². The van der Waals surface area contributed by atoms with E-state index < -0.39 is 11.9 Å². The number of likely N-dealkylation sites (tertiary alicyclic amines) is 1. The zero-order valence-electron chi connectivity index (χ0n) is 16.1. The summed E-state index contributed by atoms with van der Waals surface area (Å²) in [6.45, 7) is 2.29. The normalized spacial score (nSPS) is 17.3. The fourth-order valence-electron chi connectivity index (χ4n) is 3.50. The molecule has 0 aliphatic carbocycles. The van der Waals surface area contributed by atoms with E-state index in [1.165, 1.54) is 12.1 Å². The van der Waals surface area contributed by atoms with Crippen molar-refractivity contribution in [2.75, 3.05) is 20.8 Å². The summed E-state index contributed by atoms with van der Waals surface area (Å²) < 4.78 is 29.8. The Morgan fingerprint density at radius 2 is 1.93 bits per heavy atom. The predicted molar refractivity (Wildman–Crippen MR) is 105 cm³/mol. The van der Waals surface area contributed by atoms with Crippen LogP contribution in [0, 0.1) is 5.82 Å². The van der Waals surface area contributed by atoms with Crippen LogP contribution in [0.4, 0.5) is 4.39 Å². The molecule has 3 rings (SSSR count). The Morgan fingerprint density at radius 3 is 2.61 bits per heavy atom. The second-order valence-electron chi connectivity index (χ2n) is 6.63. The van der Waals surface area contributed by atoms with E-state index in [1.54, 1.807) is 26.0 Å². The maximum atomic E-state index is 13.2. The number of hydrogen-bond acceptors (Lipinski definition) is 4. The van der Waals surface area contributed by atoms with Gasteiger partial charge in [0.05, 0.1) is 25.3 Å². The average Bonchev–Trinajstić information content (AvgIpc) is 3.18. The van der Waals surface area contributed by atoms with Crippen LogP contribution in [0.25, 0.3) is 0 Å². The van der Waals surface area contributed by atoms with Crippen LogP contribution in [0.2, 0.25) is 5.02 Å². The Labute approximate surface area is 168 Å². The Kier molecular flexibility index (Phi) is 6.29. The first-order valence-corrected chi connectivity index (χ1v) is 9.46. The second-order valence-corrected chi connectivity index (χ2v) is 7.04. The minimum Gasteiger partial charge on any atom is -0.497 e. The number of ether oxygens (including phenoxy) is 3. The molecular weight excluding hydrogens is 385 g/mol. The van der Waals surface area contributed by atoms with Crippen LogP contribution in [0.1, 0.15) is 31.4 Å². The third-order valence-corrected chi connectivity index (χ3v) is 5.17. The molecule has 1 amide bonds. The molecule has 1 fully saturated rings. The van der Waals surface area contributed by atoms with Crippen LogP contribution >= 0.6 is 11.6 Å². The third kappa shape index (κ3) is 4.17. The minimum absolute atomic E-state index is 0.132. The van der Waals surface area contributed by atoms with E-state index in [9.17, 15) is 9.18 Å². The van der Waals surface area contributed by atoms with E-state index in [-0.39, 0.29) is 22.7 Å². The monoisotopic (exact) mass is 407 g/mol. The number of nitrogens with zero attached hydrogens (tertiary/aromatic N) is 1. The fourth-order valence-corrected chi connectivity index (χ4v) is 3.71. The van der Waals surface area contributed by atoms with E-state index in [0.717, 1.165) is 24.5 Å². The summed E-state index contributed by atoms with van der Waals surface area (Å²) in [6, 6.07) is 9.27. The quantitative estimate of drug-likeness (QED) is 0.700. The maximum Gasteiger partial charge on any atom is 0.263 e. The zero-order chi connectivity index (χ0) is 20.3. The van der Waals surface area contributed by atoms with Crippen molar-refractivity contribution in [3.05, 3.63) is 52.8 Å². The Bertz CT molecular complexity index is 860. The standard InChI is InChI=1S/C21H23ClFNO4/c1-13(28-20-8-6-14(23)11-17(20)22)21(25)24-10-4-5-18(24)16-12-15(26-2)7-9-19(16)27-3/h6-9,11-13,18H,4-5,10H2,1-3H3. The highest BCUT2D eigenvalue weighted by Crippen LogP contribution is 2.39. The van der Waals surface area contributed by atoms with Gasteiger partial charge in [-0.1, -0.05) is 11.6 Å². The summed E-state index contributed by atoms with van der Waals surface area (Å²) in [5.41, 5.74) is 0.903. The van der Waals surface area contributed by atoms with Crippen molar-refractivity contribution in [2.24, 2.45) is 0 Å². The number of halogens is 2. The van der Waals surface area contributed by atoms with Gasteiger partial charge in [-0.2, -0.15) is 0 Å². The van der Waals surface area contributed by atoms with Gasteiger partial charge in [0.25, 0.3) is 5.91 Å². The first-order chi connectivity index (χ1) is 13.4. The van der Waals surface area contributed by atoms with Crippen molar-refractivity contribution >= 4 is 17.5 Å². The molecule has 0 saturated carbocycles. The molecule has 0 radical (unpaired) electrons. The summed E-state index contributed by atoms with van der Waals surface area (Å²) in [4.78, 5) is 14.9. The van der Waals surface area contributed by atoms with Crippen molar-refractivity contribution in [3.8, 4) is 17.2 Å². The van der Waals surface area contributed by atoms with Crippen molar-refractivity contribution < 1.29 is 23.4 Å². The molecule has 150 valence electrons. The molecule has 2 unspecified atom stereocenters. The number of amides is 1. The molecular formula is C21H23ClFNO4. The van der Waals surface area contributed by atoms with Crippen LogP contribution in [0.3, 0.4) is 0 Å². The first kappa shape index (κ1) is 20.3. The van der Waals surface area contributed by atoms with Crippen molar-refractivity contribution in [2.45, 2.75) is 31.9 Å². The Morgan fingerprint density at radius 1 is 1.18 bits per heavy atom. The summed E-state index contributed by atoms with van der Waals surface area (Å²) >= 11 is 6.02. The van der Waals surface area contributed by atoms with Crippen LogP contribution in [0.5, 0.6) is 17.2 Å². The molecule has 0 aromatic heterocycles. The molecule has 5 nitrogen and oxygen atoms in total. The molecule has 7 heteroatoms. The van der Waals surface area contributed by atoms with E-state index >= 15 is 0 Å². The maximum absolute atomic E-state index is 13.2. The van der Waals surface area contributed by atoms with Crippen LogP contribution in [-0.4, -0.2) is 37.7 Å². The van der Waals surface area contributed by atoms with Gasteiger partial charge in [-0.15, -0.1) is 0 Å². The lowest BCUT2D eigenvalue weighted by atomic mass is 10.0. The Hall–Kier alpha value is -2.47. The molecule has 1 heterocycles. The number of hydrogen-bond donors (Lipinski definition) is 0. The van der Waals surface area contributed by atoms with Gasteiger partial charge < -0.3 is 19.1 Å². The lowest BCUT2D eigenvalue weighted by molar-refractivity contribution is -0.138. The van der Waals surface area contributed by atoms with Crippen molar-refractivity contribution in [1.29, 1.82) is 0 Å². The van der Waals surface area contributed by atoms with Crippen LogP contribution in [-0.2, 0) is 4.79 Å². The molecule has 0 bridgehead atoms. The molecule has 1 aliphatic heterocycles. The average molecular weight is 408 g/mol. The molecule has 0 N–H and O–H groups in total. The first-order valence-electron chi connectivity index (χ1n) is 9.08. The van der Waals surface area contributed by atoms with E-state index in [1.807, 2.05) is 18.2 Å². The van der Waals surface area contributed by atoms with Crippen LogP contribution < -0.4 is 14.2 Å². The molecule has 28 heavy (non-hydrogen) atoms. The van der Waals surface area contributed by atoms with Gasteiger partial charge in [-0.25, -0.2) is 4.39 Å². The molecule has 2 aromatic carbocycles. The van der Waals surface area contributed by atoms with Crippen molar-refractivity contribution in [1.82, 2.24) is 4.90 Å². The summed E-state index contributed by atoms with van der Waals surface area (Å²) in [5.74, 6) is 1.07. The smallest absolute Gasteiger partial charge is 0.263 e. The predicted octanol–water partition coefficient (Wildman–Crippen LogP) is 4.63. The lowest BCUT2D eigenvalue weighted by Gasteiger charge is -2.29. The summed E-state index contributed by atoms with van der Waals surface area (Å²) in [6.07, 6.45) is 0.931. The highest BCUT2D eigenvalue weighted by molar-refractivity contribution is 6.32. The SMILES string of the molecule is COc1ccc(OC)c(C2CCCN2C(=O)C(C)Oc2ccc(F)cc2Cl)c1. The summed E-state index contributed by atoms with van der Waals surface area (Å²) in [7, 11) is 3.21. The Balaban J connectivity index is 1.81. The molecule has 1 aliphatic rings. The number of benzene rings is 2. The van der Waals surface area contributed by atoms with Gasteiger partial charge in [0.15, 0.2) is 6.10 Å². The van der Waals surface area contributed by atoms with Crippen molar-refractivity contribution in [3.63, 3.8) is 0 Å². The summed E-state index contributed by atoms with van der Waals surface area (Å²) in [5, 5.41) is 0.132. The number of carbonyl (C=O) groups excluding carboxylic acids is 1. The second kappa shape index (κ2) is 8.69. The molecule has 1 saturated heterocycles. The third-order valence-electron chi connectivity index (χ3n) is 4.88. The molecule has 2 aromatic rings. The number of carbonyl (C=O) groups is 1. The molecule has 2 atom stereocenters. The highest BCUT2D eigenvalue weighted by Gasteiger charge is 2.35. The topological polar surface area (TPSA) is 48.0 Å². The number of methoxy groups -OCH3 is 2. The largest absolute Gasteiger partial charge is 0.497 e. The molecule has 0 spiro atoms. The van der Waals surface area contributed by atoms with Crippen LogP contribution in [0.15, 0.2) is 36.4 Å². The van der Waals surface area contributed by atoms with Gasteiger partial charge in [0.1, 0.15) is 23.1 Å². The van der Waals surface area contributed by atoms with E-state index in [4.69, 9.17) is 25.8 Å². The van der Waals surface area contributed by atoms with Gasteiger partial charge in [-0.05, 0) is 56.2 Å². The fraction of sp³-hybridized carbons (Fsp3) is 0.381. The van der Waals surface area contributed by atoms with Gasteiger partial charge in [0, 0.05) is 12.1 Å². The van der Waals surface area contributed by atoms with E-state index in [0.29, 0.717) is 18.0 Å². The minimum atomic E-state index is -0.764. The lowest BCUT2D eigenvalue weighted by Crippen LogP contribution is -2.40. The number of rotatable bonds is 6. The van der Waals surface area contributed by atoms with E-state index in [2.05, 4.69) is 0 Å². The van der Waals surface area contributed by atoms with Gasteiger partial charge >= 0.3 is 0 Å².